The number of hydrogen-bond donors (Lipinski definition) is 0. The van der Waals surface area contributed by atoms with Gasteiger partial charge in [0.2, 0.25) is 0 Å². The van der Waals surface area contributed by atoms with Crippen LogP contribution in [0.2, 0.25) is 0 Å². The molecule has 0 N–H and O–H groups in total. The Morgan fingerprint density at radius 1 is 0.412 bits per heavy atom. The number of para-hydroxylation sites is 5. The van der Waals surface area contributed by atoms with Crippen LogP contribution in [0, 0.1) is 0 Å². The molecule has 0 saturated heterocycles. The van der Waals surface area contributed by atoms with Crippen LogP contribution < -0.4 is 0 Å². The zero-order valence-electron chi connectivity index (χ0n) is 27.3. The van der Waals surface area contributed by atoms with Crippen molar-refractivity contribution in [3.8, 4) is 28.5 Å². The molecule has 6 heteroatoms. The van der Waals surface area contributed by atoms with E-state index in [2.05, 4.69) is 153 Å². The number of aromatic nitrogens is 6. The van der Waals surface area contributed by atoms with E-state index in [0.717, 1.165) is 72.6 Å². The Bertz CT molecular complexity index is 2920. The third-order valence-electron chi connectivity index (χ3n) is 10.1. The fraction of sp³-hybridized carbons (Fsp3) is 0. The Hall–Kier alpha value is -7.05. The molecule has 238 valence electrons. The van der Waals surface area contributed by atoms with Crippen molar-refractivity contribution in [3.63, 3.8) is 0 Å². The van der Waals surface area contributed by atoms with Crippen molar-refractivity contribution < 1.29 is 0 Å². The van der Waals surface area contributed by atoms with E-state index < -0.39 is 0 Å². The lowest BCUT2D eigenvalue weighted by Crippen LogP contribution is -2.03. The van der Waals surface area contributed by atoms with Gasteiger partial charge in [0, 0.05) is 56.3 Å². The Kier molecular flexibility index (Phi) is 5.86. The Balaban J connectivity index is 1.29. The van der Waals surface area contributed by atoms with Crippen molar-refractivity contribution in [2.75, 3.05) is 0 Å². The Labute approximate surface area is 292 Å². The standard InChI is InChI=1S/C45H28N6/c1-5-19-38-33(14-1)34-15-2-6-20-39(34)49(38)31-26-30(27-32(28-31)50-40-21-7-3-16-35(40)36-17-4-8-22-41(36)50)44-48-37-18-11-25-47-45(37)51(44)42-23-9-12-29-13-10-24-46-43(29)42/h1-28H. The fourth-order valence-corrected chi connectivity index (χ4v) is 7.99. The summed E-state index contributed by atoms with van der Waals surface area (Å²) in [5.74, 6) is 0.798. The lowest BCUT2D eigenvalue weighted by molar-refractivity contribution is 1.07. The molecule has 0 aliphatic carbocycles. The lowest BCUT2D eigenvalue weighted by Gasteiger charge is -2.17. The smallest absolute Gasteiger partial charge is 0.165 e. The maximum Gasteiger partial charge on any atom is 0.165 e. The van der Waals surface area contributed by atoms with Crippen LogP contribution in [-0.4, -0.2) is 28.7 Å². The van der Waals surface area contributed by atoms with E-state index in [1.54, 1.807) is 0 Å². The van der Waals surface area contributed by atoms with Crippen LogP contribution in [-0.2, 0) is 0 Å². The van der Waals surface area contributed by atoms with E-state index in [-0.39, 0.29) is 0 Å². The Morgan fingerprint density at radius 2 is 0.922 bits per heavy atom. The molecule has 51 heavy (non-hydrogen) atoms. The van der Waals surface area contributed by atoms with Crippen molar-refractivity contribution in [2.45, 2.75) is 0 Å². The lowest BCUT2D eigenvalue weighted by atomic mass is 10.1. The van der Waals surface area contributed by atoms with Gasteiger partial charge >= 0.3 is 0 Å². The second-order valence-corrected chi connectivity index (χ2v) is 12.9. The second-order valence-electron chi connectivity index (χ2n) is 12.9. The SMILES string of the molecule is c1cnc2c(-n3c(-c4cc(-n5c6ccccc6c6ccccc65)cc(-n5c6ccccc6c6ccccc65)c4)nc4cccnc43)cccc2c1. The molecule has 11 aromatic rings. The molecule has 0 bridgehead atoms. The van der Waals surface area contributed by atoms with Crippen LogP contribution in [0.1, 0.15) is 0 Å². The van der Waals surface area contributed by atoms with Crippen LogP contribution in [0.25, 0.3) is 94.1 Å². The zero-order chi connectivity index (χ0) is 33.5. The van der Waals surface area contributed by atoms with Crippen molar-refractivity contribution in [1.82, 2.24) is 28.7 Å². The number of fused-ring (bicyclic) bond motifs is 8. The summed E-state index contributed by atoms with van der Waals surface area (Å²) < 4.78 is 6.94. The first-order valence-electron chi connectivity index (χ1n) is 17.1. The minimum atomic E-state index is 0.784. The molecule has 11 rings (SSSR count). The summed E-state index contributed by atoms with van der Waals surface area (Å²) in [6.07, 6.45) is 3.68. The molecular formula is C45H28N6. The van der Waals surface area contributed by atoms with E-state index in [4.69, 9.17) is 15.0 Å². The minimum Gasteiger partial charge on any atom is -0.309 e. The highest BCUT2D eigenvalue weighted by Gasteiger charge is 2.22. The maximum absolute atomic E-state index is 5.31. The number of nitrogens with zero attached hydrogens (tertiary/aromatic N) is 6. The number of pyridine rings is 2. The number of imidazole rings is 1. The monoisotopic (exact) mass is 652 g/mol. The molecule has 0 aliphatic heterocycles. The summed E-state index contributed by atoms with van der Waals surface area (Å²) >= 11 is 0. The summed E-state index contributed by atoms with van der Waals surface area (Å²) in [5, 5.41) is 5.93. The predicted molar refractivity (Wildman–Crippen MR) is 208 cm³/mol. The van der Waals surface area contributed by atoms with Crippen LogP contribution in [0.15, 0.2) is 170 Å². The van der Waals surface area contributed by atoms with Gasteiger partial charge in [0.15, 0.2) is 5.65 Å². The van der Waals surface area contributed by atoms with Gasteiger partial charge in [-0.3, -0.25) is 9.55 Å². The number of benzene rings is 6. The van der Waals surface area contributed by atoms with Gasteiger partial charge in [-0.25, -0.2) is 9.97 Å². The van der Waals surface area contributed by atoms with E-state index in [0.29, 0.717) is 0 Å². The van der Waals surface area contributed by atoms with Gasteiger partial charge in [-0.2, -0.15) is 0 Å². The highest BCUT2D eigenvalue weighted by Crippen LogP contribution is 2.39. The molecule has 5 heterocycles. The molecular weight excluding hydrogens is 625 g/mol. The van der Waals surface area contributed by atoms with E-state index >= 15 is 0 Å². The topological polar surface area (TPSA) is 53.5 Å². The Morgan fingerprint density at radius 3 is 1.51 bits per heavy atom. The average Bonchev–Trinajstić information content (AvgIpc) is 3.86. The van der Waals surface area contributed by atoms with Crippen LogP contribution in [0.5, 0.6) is 0 Å². The number of rotatable bonds is 4. The number of hydrogen-bond acceptors (Lipinski definition) is 3. The van der Waals surface area contributed by atoms with Gasteiger partial charge in [0.25, 0.3) is 0 Å². The van der Waals surface area contributed by atoms with Gasteiger partial charge in [-0.1, -0.05) is 91.0 Å². The summed E-state index contributed by atoms with van der Waals surface area (Å²) in [7, 11) is 0. The molecule has 0 spiro atoms. The highest BCUT2D eigenvalue weighted by molar-refractivity contribution is 6.10. The van der Waals surface area contributed by atoms with Gasteiger partial charge in [-0.15, -0.1) is 0 Å². The first kappa shape index (κ1) is 27.9. The minimum absolute atomic E-state index is 0.784. The summed E-state index contributed by atoms with van der Waals surface area (Å²) in [6, 6.07) is 55.8. The van der Waals surface area contributed by atoms with E-state index in [1.165, 1.54) is 21.5 Å². The van der Waals surface area contributed by atoms with E-state index in [9.17, 15) is 0 Å². The zero-order valence-corrected chi connectivity index (χ0v) is 27.3. The summed E-state index contributed by atoms with van der Waals surface area (Å²) in [5.41, 5.74) is 11.1. The molecule has 0 aliphatic rings. The van der Waals surface area contributed by atoms with Gasteiger partial charge in [-0.05, 0) is 66.7 Å². The van der Waals surface area contributed by atoms with Crippen molar-refractivity contribution >= 4 is 65.7 Å². The van der Waals surface area contributed by atoms with Crippen LogP contribution in [0.3, 0.4) is 0 Å². The van der Waals surface area contributed by atoms with Gasteiger partial charge in [0.05, 0.1) is 33.3 Å². The molecule has 0 unspecified atom stereocenters. The quantitative estimate of drug-likeness (QED) is 0.190. The third-order valence-corrected chi connectivity index (χ3v) is 10.1. The molecule has 0 fully saturated rings. The van der Waals surface area contributed by atoms with Gasteiger partial charge in [0.1, 0.15) is 11.3 Å². The average molecular weight is 653 g/mol. The fourth-order valence-electron chi connectivity index (χ4n) is 7.99. The van der Waals surface area contributed by atoms with Crippen molar-refractivity contribution in [1.29, 1.82) is 0 Å². The molecule has 0 radical (unpaired) electrons. The molecule has 0 saturated carbocycles. The van der Waals surface area contributed by atoms with Crippen molar-refractivity contribution in [3.05, 3.63) is 170 Å². The highest BCUT2D eigenvalue weighted by atomic mass is 15.1. The first-order valence-corrected chi connectivity index (χ1v) is 17.1. The van der Waals surface area contributed by atoms with Crippen LogP contribution in [0.4, 0.5) is 0 Å². The summed E-state index contributed by atoms with van der Waals surface area (Å²) in [6.45, 7) is 0. The largest absolute Gasteiger partial charge is 0.309 e. The molecule has 6 nitrogen and oxygen atoms in total. The third kappa shape index (κ3) is 4.07. The normalized spacial score (nSPS) is 11.9. The summed E-state index contributed by atoms with van der Waals surface area (Å²) in [4.78, 5) is 15.0. The molecule has 0 amide bonds. The second kappa shape index (κ2) is 10.7. The molecule has 0 atom stereocenters. The molecule has 6 aromatic carbocycles. The van der Waals surface area contributed by atoms with Crippen LogP contribution >= 0.6 is 0 Å². The van der Waals surface area contributed by atoms with E-state index in [1.807, 2.05) is 30.6 Å². The van der Waals surface area contributed by atoms with Gasteiger partial charge < -0.3 is 9.13 Å². The van der Waals surface area contributed by atoms with Crippen molar-refractivity contribution in [2.24, 2.45) is 0 Å². The molecule has 5 aromatic heterocycles. The first-order chi connectivity index (χ1) is 25.3. The predicted octanol–water partition coefficient (Wildman–Crippen LogP) is 10.8. The maximum atomic E-state index is 5.31.